The van der Waals surface area contributed by atoms with Crippen LogP contribution in [0.15, 0.2) is 6.20 Å². The zero-order valence-electron chi connectivity index (χ0n) is 10.9. The Morgan fingerprint density at radius 1 is 1.58 bits per heavy atom. The van der Waals surface area contributed by atoms with Gasteiger partial charge in [-0.05, 0) is 13.3 Å². The van der Waals surface area contributed by atoms with Crippen LogP contribution in [0.4, 0.5) is 10.1 Å². The van der Waals surface area contributed by atoms with Gasteiger partial charge in [0.05, 0.1) is 36.7 Å². The van der Waals surface area contributed by atoms with Crippen LogP contribution in [0.1, 0.15) is 19.4 Å². The molecule has 2 atom stereocenters. The molecule has 0 radical (unpaired) electrons. The molecule has 0 aromatic carbocycles. The number of rotatable bonds is 2. The Hall–Kier alpha value is -0.850. The van der Waals surface area contributed by atoms with Crippen LogP contribution in [-0.2, 0) is 4.74 Å². The molecule has 2 aliphatic rings. The van der Waals surface area contributed by atoms with Gasteiger partial charge < -0.3 is 10.5 Å². The zero-order chi connectivity index (χ0) is 13.6. The van der Waals surface area contributed by atoms with E-state index in [2.05, 4.69) is 16.9 Å². The molecule has 0 aliphatic carbocycles. The number of halogens is 2. The summed E-state index contributed by atoms with van der Waals surface area (Å²) in [6.45, 7) is 4.68. The number of ether oxygens (including phenoxy) is 1. The lowest BCUT2D eigenvalue weighted by Crippen LogP contribution is -2.63. The van der Waals surface area contributed by atoms with E-state index in [1.54, 1.807) is 0 Å². The van der Waals surface area contributed by atoms with Crippen molar-refractivity contribution in [3.8, 4) is 0 Å². The summed E-state index contributed by atoms with van der Waals surface area (Å²) in [7, 11) is 0. The number of piperidine rings is 1. The van der Waals surface area contributed by atoms with Crippen LogP contribution >= 0.6 is 11.6 Å². The summed E-state index contributed by atoms with van der Waals surface area (Å²) in [6, 6.07) is -0.328. The van der Waals surface area contributed by atoms with E-state index in [0.29, 0.717) is 37.0 Å². The summed E-state index contributed by atoms with van der Waals surface area (Å²) in [4.78, 5) is 2.17. The quantitative estimate of drug-likeness (QED) is 0.896. The highest BCUT2D eigenvalue weighted by atomic mass is 35.5. The summed E-state index contributed by atoms with van der Waals surface area (Å²) in [5.41, 5.74) is 6.04. The van der Waals surface area contributed by atoms with Gasteiger partial charge in [-0.1, -0.05) is 11.6 Å². The Balaban J connectivity index is 1.72. The first kappa shape index (κ1) is 13.1. The average molecular weight is 289 g/mol. The molecule has 2 fully saturated rings. The van der Waals surface area contributed by atoms with Crippen LogP contribution in [0.3, 0.4) is 0 Å². The summed E-state index contributed by atoms with van der Waals surface area (Å²) in [5.74, 6) is 0. The molecule has 3 heterocycles. The number of nitrogen functional groups attached to an aromatic ring is 1. The Morgan fingerprint density at radius 3 is 2.79 bits per heavy atom. The Labute approximate surface area is 116 Å². The number of likely N-dealkylation sites (tertiary alicyclic amines) is 1. The van der Waals surface area contributed by atoms with Crippen LogP contribution in [0.2, 0.25) is 5.15 Å². The molecule has 19 heavy (non-hydrogen) atoms. The third kappa shape index (κ3) is 2.11. The average Bonchev–Trinajstić information content (AvgIpc) is 2.67. The van der Waals surface area contributed by atoms with E-state index >= 15 is 0 Å². The van der Waals surface area contributed by atoms with E-state index in [1.807, 2.05) is 0 Å². The van der Waals surface area contributed by atoms with Crippen LogP contribution < -0.4 is 5.73 Å². The third-order valence-corrected chi connectivity index (χ3v) is 4.56. The highest BCUT2D eigenvalue weighted by Crippen LogP contribution is 2.34. The van der Waals surface area contributed by atoms with Gasteiger partial charge in [-0.3, -0.25) is 4.90 Å². The molecule has 3 rings (SSSR count). The van der Waals surface area contributed by atoms with Crippen molar-refractivity contribution in [2.45, 2.75) is 31.1 Å². The van der Waals surface area contributed by atoms with Gasteiger partial charge in [-0.2, -0.15) is 5.10 Å². The maximum absolute atomic E-state index is 14.4. The molecular formula is C12H18ClFN4O. The highest BCUT2D eigenvalue weighted by molar-refractivity contribution is 6.32. The van der Waals surface area contributed by atoms with Crippen molar-refractivity contribution in [2.75, 3.05) is 32.0 Å². The molecule has 0 amide bonds. The first-order valence-corrected chi connectivity index (χ1v) is 6.84. The molecule has 2 N–H and O–H groups in total. The number of anilines is 1. The van der Waals surface area contributed by atoms with E-state index in [1.165, 1.54) is 10.9 Å². The minimum absolute atomic E-state index is 0.0117. The van der Waals surface area contributed by atoms with Crippen molar-refractivity contribution in [1.29, 1.82) is 0 Å². The lowest BCUT2D eigenvalue weighted by atomic mass is 9.92. The standard InChI is InChI=1S/C12H18ClFN4O/c1-12(6-19-7-12)17-3-2-10(8(14)5-17)18-11(13)9(15)4-16-18/h4,8,10H,2-3,5-7,15H2,1H3/t8?,10-/m1/s1. The van der Waals surface area contributed by atoms with E-state index in [4.69, 9.17) is 22.1 Å². The fourth-order valence-electron chi connectivity index (χ4n) is 2.83. The van der Waals surface area contributed by atoms with E-state index in [-0.39, 0.29) is 11.6 Å². The van der Waals surface area contributed by atoms with Gasteiger partial charge in [0.1, 0.15) is 11.3 Å². The molecule has 106 valence electrons. The molecule has 0 bridgehead atoms. The molecule has 0 spiro atoms. The van der Waals surface area contributed by atoms with Crippen molar-refractivity contribution in [3.63, 3.8) is 0 Å². The summed E-state index contributed by atoms with van der Waals surface area (Å²) < 4.78 is 21.2. The Morgan fingerprint density at radius 2 is 2.32 bits per heavy atom. The SMILES string of the molecule is CC1(N2CC[C@@H](n3ncc(N)c3Cl)C(F)C2)COC1. The maximum atomic E-state index is 14.4. The maximum Gasteiger partial charge on any atom is 0.150 e. The largest absolute Gasteiger partial charge is 0.395 e. The summed E-state index contributed by atoms with van der Waals surface area (Å²) in [6.07, 6.45) is 1.16. The lowest BCUT2D eigenvalue weighted by molar-refractivity contribution is -0.145. The number of aromatic nitrogens is 2. The van der Waals surface area contributed by atoms with Gasteiger partial charge >= 0.3 is 0 Å². The van der Waals surface area contributed by atoms with Crippen molar-refractivity contribution >= 4 is 17.3 Å². The van der Waals surface area contributed by atoms with Crippen LogP contribution in [-0.4, -0.2) is 52.7 Å². The predicted octanol–water partition coefficient (Wildman–Crippen LogP) is 1.49. The minimum atomic E-state index is -0.997. The monoisotopic (exact) mass is 288 g/mol. The summed E-state index contributed by atoms with van der Waals surface area (Å²) in [5, 5.41) is 4.42. The number of nitrogens with two attached hydrogens (primary N) is 1. The van der Waals surface area contributed by atoms with Crippen molar-refractivity contribution in [2.24, 2.45) is 0 Å². The van der Waals surface area contributed by atoms with Gasteiger partial charge in [0, 0.05) is 13.1 Å². The second-order valence-electron chi connectivity index (χ2n) is 5.64. The smallest absolute Gasteiger partial charge is 0.150 e. The molecule has 1 aromatic rings. The third-order valence-electron chi connectivity index (χ3n) is 4.17. The van der Waals surface area contributed by atoms with E-state index in [9.17, 15) is 4.39 Å². The fourth-order valence-corrected chi connectivity index (χ4v) is 3.05. The number of hydrogen-bond acceptors (Lipinski definition) is 4. The van der Waals surface area contributed by atoms with Gasteiger partial charge in [-0.15, -0.1) is 0 Å². The first-order chi connectivity index (χ1) is 9.01. The topological polar surface area (TPSA) is 56.3 Å². The van der Waals surface area contributed by atoms with Gasteiger partial charge in [-0.25, -0.2) is 9.07 Å². The summed E-state index contributed by atoms with van der Waals surface area (Å²) >= 11 is 6.05. The molecule has 7 heteroatoms. The second-order valence-corrected chi connectivity index (χ2v) is 6.00. The van der Waals surface area contributed by atoms with E-state index in [0.717, 1.165) is 6.54 Å². The molecule has 0 saturated carbocycles. The number of nitrogens with zero attached hydrogens (tertiary/aromatic N) is 3. The van der Waals surface area contributed by atoms with Gasteiger partial charge in [0.2, 0.25) is 0 Å². The Bertz CT molecular complexity index is 476. The normalized spacial score (nSPS) is 31.1. The van der Waals surface area contributed by atoms with Crippen LogP contribution in [0.25, 0.3) is 0 Å². The molecule has 5 nitrogen and oxygen atoms in total. The highest BCUT2D eigenvalue weighted by Gasteiger charge is 2.44. The first-order valence-electron chi connectivity index (χ1n) is 6.46. The number of hydrogen-bond donors (Lipinski definition) is 1. The van der Waals surface area contributed by atoms with Crippen LogP contribution in [0, 0.1) is 0 Å². The minimum Gasteiger partial charge on any atom is -0.395 e. The zero-order valence-corrected chi connectivity index (χ0v) is 11.6. The molecule has 2 aliphatic heterocycles. The van der Waals surface area contributed by atoms with E-state index < -0.39 is 6.17 Å². The Kier molecular flexibility index (Phi) is 3.19. The van der Waals surface area contributed by atoms with Crippen molar-refractivity contribution in [3.05, 3.63) is 11.3 Å². The molecular weight excluding hydrogens is 271 g/mol. The molecule has 1 unspecified atom stereocenters. The van der Waals surface area contributed by atoms with Crippen LogP contribution in [0.5, 0.6) is 0 Å². The van der Waals surface area contributed by atoms with Crippen molar-refractivity contribution in [1.82, 2.24) is 14.7 Å². The molecule has 2 saturated heterocycles. The fraction of sp³-hybridized carbons (Fsp3) is 0.750. The predicted molar refractivity (Wildman–Crippen MR) is 71.0 cm³/mol. The van der Waals surface area contributed by atoms with Gasteiger partial charge in [0.25, 0.3) is 0 Å². The lowest BCUT2D eigenvalue weighted by Gasteiger charge is -2.50. The molecule has 1 aromatic heterocycles. The van der Waals surface area contributed by atoms with Crippen molar-refractivity contribution < 1.29 is 9.13 Å². The van der Waals surface area contributed by atoms with Gasteiger partial charge in [0.15, 0.2) is 0 Å². The number of alkyl halides is 1. The second kappa shape index (κ2) is 4.61.